The smallest absolute Gasteiger partial charge is 0.0148 e. The number of rotatable bonds is 4. The summed E-state index contributed by atoms with van der Waals surface area (Å²) in [6.45, 7) is 23.5. The number of hydrogen-bond acceptors (Lipinski definition) is 0. The summed E-state index contributed by atoms with van der Waals surface area (Å²) in [5, 5.41) is 0. The average Bonchev–Trinajstić information content (AvgIpc) is 2.14. The monoisotopic (exact) mass is 206 g/mol. The molecular formula is C15H26. The Morgan fingerprint density at radius 3 is 1.60 bits per heavy atom. The van der Waals surface area contributed by atoms with Gasteiger partial charge in [-0.25, -0.2) is 0 Å². The molecule has 0 spiro atoms. The Bertz CT molecular complexity index is 298. The summed E-state index contributed by atoms with van der Waals surface area (Å²) in [5.41, 5.74) is 3.98. The first-order valence-corrected chi connectivity index (χ1v) is 5.55. The van der Waals surface area contributed by atoms with Crippen molar-refractivity contribution in [1.82, 2.24) is 0 Å². The Balaban J connectivity index is 5.69. The van der Waals surface area contributed by atoms with Gasteiger partial charge in [-0.1, -0.05) is 50.1 Å². The molecule has 0 amide bonds. The van der Waals surface area contributed by atoms with Gasteiger partial charge in [0.1, 0.15) is 0 Å². The molecule has 0 heteroatoms. The molecule has 0 saturated carbocycles. The van der Waals surface area contributed by atoms with Gasteiger partial charge >= 0.3 is 0 Å². The molecule has 15 heavy (non-hydrogen) atoms. The van der Waals surface area contributed by atoms with Crippen LogP contribution in [0.5, 0.6) is 0 Å². The van der Waals surface area contributed by atoms with E-state index in [0.717, 1.165) is 0 Å². The Morgan fingerprint density at radius 1 is 1.00 bits per heavy atom. The van der Waals surface area contributed by atoms with E-state index in [1.54, 1.807) is 0 Å². The van der Waals surface area contributed by atoms with E-state index < -0.39 is 0 Å². The molecule has 0 aromatic carbocycles. The summed E-state index contributed by atoms with van der Waals surface area (Å²) >= 11 is 0. The standard InChI is InChI=1S/C15H26/c1-10-15(9,13(6)11(2)3)14(7,8)12(4)5/h10H,1,4H2,2-3,5-9H3. The van der Waals surface area contributed by atoms with Gasteiger partial charge in [-0.2, -0.15) is 0 Å². The van der Waals surface area contributed by atoms with Gasteiger partial charge in [0.05, 0.1) is 0 Å². The summed E-state index contributed by atoms with van der Waals surface area (Å²) in [7, 11) is 0. The third-order valence-corrected chi connectivity index (χ3v) is 4.30. The first-order valence-electron chi connectivity index (χ1n) is 5.55. The molecule has 0 aromatic rings. The number of allylic oxidation sites excluding steroid dienone is 4. The van der Waals surface area contributed by atoms with Crippen LogP contribution in [0.1, 0.15) is 48.5 Å². The third kappa shape index (κ3) is 2.25. The minimum Gasteiger partial charge on any atom is -0.102 e. The Labute approximate surface area is 95.8 Å². The molecule has 0 aromatic heterocycles. The lowest BCUT2D eigenvalue weighted by molar-refractivity contribution is 0.235. The van der Waals surface area contributed by atoms with Crippen LogP contribution in [0, 0.1) is 10.8 Å². The van der Waals surface area contributed by atoms with Gasteiger partial charge in [0.25, 0.3) is 0 Å². The van der Waals surface area contributed by atoms with Gasteiger partial charge in [-0.3, -0.25) is 0 Å². The largest absolute Gasteiger partial charge is 0.102 e. The molecule has 0 bridgehead atoms. The van der Waals surface area contributed by atoms with Crippen LogP contribution in [0.3, 0.4) is 0 Å². The maximum Gasteiger partial charge on any atom is 0.0148 e. The van der Waals surface area contributed by atoms with Crippen molar-refractivity contribution in [3.8, 4) is 0 Å². The predicted octanol–water partition coefficient (Wildman–Crippen LogP) is 5.14. The van der Waals surface area contributed by atoms with Crippen molar-refractivity contribution in [1.29, 1.82) is 0 Å². The molecule has 0 fully saturated rings. The van der Waals surface area contributed by atoms with Crippen LogP contribution in [0.2, 0.25) is 0 Å². The zero-order chi connectivity index (χ0) is 12.4. The van der Waals surface area contributed by atoms with E-state index in [4.69, 9.17) is 0 Å². The summed E-state index contributed by atoms with van der Waals surface area (Å²) in [4.78, 5) is 0. The molecule has 1 unspecified atom stereocenters. The molecule has 0 nitrogen and oxygen atoms in total. The van der Waals surface area contributed by atoms with E-state index in [1.165, 1.54) is 16.7 Å². The van der Waals surface area contributed by atoms with Gasteiger partial charge < -0.3 is 0 Å². The van der Waals surface area contributed by atoms with Gasteiger partial charge in [0.15, 0.2) is 0 Å². The molecule has 0 heterocycles. The fraction of sp³-hybridized carbons (Fsp3) is 0.600. The summed E-state index contributed by atoms with van der Waals surface area (Å²) in [6, 6.07) is 0. The second-order valence-electron chi connectivity index (χ2n) is 5.44. The minimum atomic E-state index is -0.0162. The van der Waals surface area contributed by atoms with E-state index >= 15 is 0 Å². The minimum absolute atomic E-state index is 0.0162. The van der Waals surface area contributed by atoms with Crippen molar-refractivity contribution in [2.75, 3.05) is 0 Å². The zero-order valence-corrected chi connectivity index (χ0v) is 11.5. The van der Waals surface area contributed by atoms with Crippen LogP contribution in [-0.2, 0) is 0 Å². The third-order valence-electron chi connectivity index (χ3n) is 4.30. The molecular weight excluding hydrogens is 180 g/mol. The van der Waals surface area contributed by atoms with Crippen molar-refractivity contribution in [3.63, 3.8) is 0 Å². The predicted molar refractivity (Wildman–Crippen MR) is 70.9 cm³/mol. The van der Waals surface area contributed by atoms with Gasteiger partial charge in [-0.15, -0.1) is 6.58 Å². The highest BCUT2D eigenvalue weighted by Gasteiger charge is 2.40. The Morgan fingerprint density at radius 2 is 1.40 bits per heavy atom. The van der Waals surface area contributed by atoms with Crippen LogP contribution < -0.4 is 0 Å². The summed E-state index contributed by atoms with van der Waals surface area (Å²) < 4.78 is 0. The maximum atomic E-state index is 4.11. The molecule has 0 rings (SSSR count). The topological polar surface area (TPSA) is 0 Å². The Hall–Kier alpha value is -0.780. The second-order valence-corrected chi connectivity index (χ2v) is 5.44. The van der Waals surface area contributed by atoms with E-state index in [0.29, 0.717) is 0 Å². The first-order chi connectivity index (χ1) is 6.61. The highest BCUT2D eigenvalue weighted by molar-refractivity contribution is 5.30. The van der Waals surface area contributed by atoms with Crippen molar-refractivity contribution in [3.05, 3.63) is 36.0 Å². The van der Waals surface area contributed by atoms with Gasteiger partial charge in [-0.05, 0) is 33.1 Å². The second kappa shape index (κ2) is 4.38. The van der Waals surface area contributed by atoms with Crippen molar-refractivity contribution in [2.24, 2.45) is 10.8 Å². The van der Waals surface area contributed by atoms with Gasteiger partial charge in [0.2, 0.25) is 0 Å². The molecule has 0 N–H and O–H groups in total. The fourth-order valence-electron chi connectivity index (χ4n) is 1.84. The summed E-state index contributed by atoms with van der Waals surface area (Å²) in [5.74, 6) is 0. The molecule has 0 saturated heterocycles. The van der Waals surface area contributed by atoms with Crippen LogP contribution in [-0.4, -0.2) is 0 Å². The van der Waals surface area contributed by atoms with E-state index in [2.05, 4.69) is 67.7 Å². The summed E-state index contributed by atoms with van der Waals surface area (Å²) in [6.07, 6.45) is 2.06. The van der Waals surface area contributed by atoms with E-state index in [9.17, 15) is 0 Å². The van der Waals surface area contributed by atoms with Crippen molar-refractivity contribution >= 4 is 0 Å². The SMILES string of the molecule is C=CC(C)(C(C)=C(C)C)C(C)(C)C(=C)C. The quantitative estimate of drug-likeness (QED) is 0.559. The van der Waals surface area contributed by atoms with Crippen molar-refractivity contribution < 1.29 is 0 Å². The fourth-order valence-corrected chi connectivity index (χ4v) is 1.84. The van der Waals surface area contributed by atoms with Crippen LogP contribution in [0.4, 0.5) is 0 Å². The average molecular weight is 206 g/mol. The van der Waals surface area contributed by atoms with Gasteiger partial charge in [0, 0.05) is 5.41 Å². The highest BCUT2D eigenvalue weighted by Crippen LogP contribution is 2.50. The Kier molecular flexibility index (Phi) is 4.16. The molecule has 1 atom stereocenters. The van der Waals surface area contributed by atoms with Crippen LogP contribution >= 0.6 is 0 Å². The molecule has 0 aliphatic rings. The van der Waals surface area contributed by atoms with Crippen LogP contribution in [0.15, 0.2) is 36.0 Å². The number of hydrogen-bond donors (Lipinski definition) is 0. The normalized spacial score (nSPS) is 15.4. The zero-order valence-electron chi connectivity index (χ0n) is 11.5. The van der Waals surface area contributed by atoms with Crippen LogP contribution in [0.25, 0.3) is 0 Å². The molecule has 86 valence electrons. The lowest BCUT2D eigenvalue weighted by atomic mass is 9.59. The van der Waals surface area contributed by atoms with Crippen molar-refractivity contribution in [2.45, 2.75) is 48.5 Å². The maximum absolute atomic E-state index is 4.11. The van der Waals surface area contributed by atoms with E-state index in [-0.39, 0.29) is 10.8 Å². The highest BCUT2D eigenvalue weighted by atomic mass is 14.4. The lowest BCUT2D eigenvalue weighted by Crippen LogP contribution is -2.35. The molecule has 0 aliphatic heterocycles. The molecule has 0 aliphatic carbocycles. The lowest BCUT2D eigenvalue weighted by Gasteiger charge is -2.44. The molecule has 0 radical (unpaired) electrons. The van der Waals surface area contributed by atoms with E-state index in [1.807, 2.05) is 0 Å². The first kappa shape index (κ1) is 14.2.